The zero-order chi connectivity index (χ0) is 22.0. The van der Waals surface area contributed by atoms with Gasteiger partial charge in [0.05, 0.1) is 19.7 Å². The van der Waals surface area contributed by atoms with Crippen LogP contribution in [0, 0.1) is 0 Å². The van der Waals surface area contributed by atoms with E-state index in [2.05, 4.69) is 35.1 Å². The molecule has 30 heavy (non-hydrogen) atoms. The number of thiocarbonyl (C=S) groups is 2. The summed E-state index contributed by atoms with van der Waals surface area (Å²) in [5.41, 5.74) is 0. The Labute approximate surface area is 217 Å². The van der Waals surface area contributed by atoms with E-state index in [1.165, 1.54) is 38.5 Å². The lowest BCUT2D eigenvalue weighted by molar-refractivity contribution is 0.209. The van der Waals surface area contributed by atoms with Crippen LogP contribution in [-0.4, -0.2) is 54.1 Å². The standard InChI is InChI=1S/C22H40N2S6/c25-17-7-15-23(21(29)11-3-1-4-12-21)19(27)9-10-20(28)24(16-8-18-26)22(30)13-5-2-6-14-22/h25-26,29-30H,1-18H2. The van der Waals surface area contributed by atoms with Crippen molar-refractivity contribution in [2.45, 2.75) is 99.6 Å². The minimum absolute atomic E-state index is 0.0975. The molecule has 2 aliphatic carbocycles. The summed E-state index contributed by atoms with van der Waals surface area (Å²) in [6, 6.07) is 0. The fraction of sp³-hybridized carbons (Fsp3) is 0.909. The molecule has 0 atom stereocenters. The Bertz CT molecular complexity index is 496. The van der Waals surface area contributed by atoms with Crippen LogP contribution in [0.25, 0.3) is 0 Å². The molecule has 2 fully saturated rings. The van der Waals surface area contributed by atoms with Crippen molar-refractivity contribution < 1.29 is 0 Å². The third kappa shape index (κ3) is 7.89. The lowest BCUT2D eigenvalue weighted by Crippen LogP contribution is -2.50. The monoisotopic (exact) mass is 524 g/mol. The molecule has 0 heterocycles. The molecular weight excluding hydrogens is 485 g/mol. The van der Waals surface area contributed by atoms with Crippen molar-refractivity contribution in [3.05, 3.63) is 0 Å². The predicted octanol–water partition coefficient (Wildman–Crippen LogP) is 6.85. The Morgan fingerprint density at radius 1 is 0.633 bits per heavy atom. The van der Waals surface area contributed by atoms with E-state index in [9.17, 15) is 0 Å². The van der Waals surface area contributed by atoms with Crippen molar-refractivity contribution in [2.24, 2.45) is 0 Å². The summed E-state index contributed by atoms with van der Waals surface area (Å²) in [5, 5.41) is 0. The summed E-state index contributed by atoms with van der Waals surface area (Å²) < 4.78 is 0. The van der Waals surface area contributed by atoms with E-state index in [-0.39, 0.29) is 9.74 Å². The minimum atomic E-state index is -0.0975. The molecule has 2 nitrogen and oxygen atoms in total. The molecule has 0 unspecified atom stereocenters. The van der Waals surface area contributed by atoms with Gasteiger partial charge in [-0.1, -0.05) is 63.0 Å². The van der Waals surface area contributed by atoms with Crippen LogP contribution in [0.15, 0.2) is 0 Å². The molecule has 0 N–H and O–H groups in total. The molecule has 2 rings (SSSR count). The Morgan fingerprint density at radius 2 is 0.967 bits per heavy atom. The van der Waals surface area contributed by atoms with Crippen LogP contribution in [-0.2, 0) is 0 Å². The van der Waals surface area contributed by atoms with E-state index in [4.69, 9.17) is 49.7 Å². The Balaban J connectivity index is 2.02. The Morgan fingerprint density at radius 3 is 1.27 bits per heavy atom. The lowest BCUT2D eigenvalue weighted by atomic mass is 9.92. The molecule has 2 aliphatic rings. The van der Waals surface area contributed by atoms with Crippen LogP contribution in [0.3, 0.4) is 0 Å². The van der Waals surface area contributed by atoms with Gasteiger partial charge in [-0.05, 0) is 50.0 Å². The summed E-state index contributed by atoms with van der Waals surface area (Å²) in [6.45, 7) is 1.89. The first-order valence-corrected chi connectivity index (χ1v) is 14.6. The molecular formula is C22H40N2S6. The molecule has 0 aromatic rings. The molecule has 0 saturated heterocycles. The van der Waals surface area contributed by atoms with Gasteiger partial charge in [-0.2, -0.15) is 50.5 Å². The van der Waals surface area contributed by atoms with Gasteiger partial charge in [-0.15, -0.1) is 0 Å². The largest absolute Gasteiger partial charge is 0.352 e. The average molecular weight is 525 g/mol. The topological polar surface area (TPSA) is 6.48 Å². The number of nitrogens with zero attached hydrogens (tertiary/aromatic N) is 2. The minimum Gasteiger partial charge on any atom is -0.352 e. The van der Waals surface area contributed by atoms with Crippen molar-refractivity contribution in [2.75, 3.05) is 24.6 Å². The van der Waals surface area contributed by atoms with Crippen molar-refractivity contribution in [1.29, 1.82) is 0 Å². The van der Waals surface area contributed by atoms with Gasteiger partial charge in [0.15, 0.2) is 0 Å². The van der Waals surface area contributed by atoms with E-state index >= 15 is 0 Å². The number of hydrogen-bond donors (Lipinski definition) is 4. The molecule has 0 bridgehead atoms. The van der Waals surface area contributed by atoms with Crippen LogP contribution < -0.4 is 0 Å². The maximum Gasteiger partial charge on any atom is 0.0836 e. The zero-order valence-corrected chi connectivity index (χ0v) is 23.4. The molecule has 8 heteroatoms. The number of hydrogen-bond acceptors (Lipinski definition) is 6. The quantitative estimate of drug-likeness (QED) is 0.133. The third-order valence-electron chi connectivity index (χ3n) is 6.55. The van der Waals surface area contributed by atoms with E-state index in [1.54, 1.807) is 0 Å². The summed E-state index contributed by atoms with van der Waals surface area (Å²) >= 11 is 31.0. The fourth-order valence-corrected chi connectivity index (χ4v) is 7.08. The van der Waals surface area contributed by atoms with Gasteiger partial charge in [0.25, 0.3) is 0 Å². The van der Waals surface area contributed by atoms with Crippen molar-refractivity contribution in [1.82, 2.24) is 9.80 Å². The molecule has 0 aliphatic heterocycles. The highest BCUT2D eigenvalue weighted by Gasteiger charge is 2.37. The van der Waals surface area contributed by atoms with Gasteiger partial charge >= 0.3 is 0 Å². The summed E-state index contributed by atoms with van der Waals surface area (Å²) in [4.78, 5) is 6.64. The van der Waals surface area contributed by atoms with Gasteiger partial charge < -0.3 is 9.80 Å². The van der Waals surface area contributed by atoms with Gasteiger partial charge in [0, 0.05) is 25.9 Å². The van der Waals surface area contributed by atoms with Crippen molar-refractivity contribution >= 4 is 84.9 Å². The second kappa shape index (κ2) is 13.8. The Kier molecular flexibility index (Phi) is 12.6. The van der Waals surface area contributed by atoms with E-state index < -0.39 is 0 Å². The van der Waals surface area contributed by atoms with Gasteiger partial charge in [-0.3, -0.25) is 0 Å². The van der Waals surface area contributed by atoms with E-state index in [1.807, 2.05) is 0 Å². The normalized spacial score (nSPS) is 20.5. The van der Waals surface area contributed by atoms with Gasteiger partial charge in [-0.25, -0.2) is 0 Å². The van der Waals surface area contributed by atoms with Crippen LogP contribution >= 0.6 is 75.0 Å². The molecule has 0 spiro atoms. The molecule has 0 amide bonds. The second-order valence-corrected chi connectivity index (χ2v) is 12.3. The van der Waals surface area contributed by atoms with Gasteiger partial charge in [0.1, 0.15) is 0 Å². The third-order valence-corrected chi connectivity index (χ3v) is 9.41. The van der Waals surface area contributed by atoms with Crippen LogP contribution in [0.2, 0.25) is 0 Å². The summed E-state index contributed by atoms with van der Waals surface area (Å²) in [7, 11) is 0. The summed E-state index contributed by atoms with van der Waals surface area (Å²) in [5.74, 6) is 1.75. The SMILES string of the molecule is S=C(CCC(=S)N(CCCS)C1(S)CCCCC1)N(CCCS)C1(S)CCCCC1. The first-order chi connectivity index (χ1) is 14.4. The number of thiol groups is 4. The highest BCUT2D eigenvalue weighted by Crippen LogP contribution is 2.39. The first kappa shape index (κ1) is 27.4. The lowest BCUT2D eigenvalue weighted by Gasteiger charge is -2.46. The average Bonchev–Trinajstić information content (AvgIpc) is 2.73. The Hall–Kier alpha value is 1.18. The zero-order valence-electron chi connectivity index (χ0n) is 18.2. The molecule has 0 radical (unpaired) electrons. The van der Waals surface area contributed by atoms with E-state index in [0.717, 1.165) is 85.9 Å². The first-order valence-electron chi connectivity index (χ1n) is 11.6. The number of rotatable bonds is 11. The maximum atomic E-state index is 5.96. The molecule has 2 saturated carbocycles. The highest BCUT2D eigenvalue weighted by molar-refractivity contribution is 7.83. The second-order valence-electron chi connectivity index (χ2n) is 8.83. The maximum absolute atomic E-state index is 5.96. The van der Waals surface area contributed by atoms with E-state index in [0.29, 0.717) is 0 Å². The highest BCUT2D eigenvalue weighted by atomic mass is 32.1. The van der Waals surface area contributed by atoms with Crippen molar-refractivity contribution in [3.8, 4) is 0 Å². The smallest absolute Gasteiger partial charge is 0.0836 e. The molecule has 0 aromatic carbocycles. The molecule has 174 valence electrons. The predicted molar refractivity (Wildman–Crippen MR) is 154 cm³/mol. The van der Waals surface area contributed by atoms with Gasteiger partial charge in [0.2, 0.25) is 0 Å². The van der Waals surface area contributed by atoms with Crippen LogP contribution in [0.1, 0.15) is 89.9 Å². The van der Waals surface area contributed by atoms with Crippen molar-refractivity contribution in [3.63, 3.8) is 0 Å². The van der Waals surface area contributed by atoms with Crippen LogP contribution in [0.5, 0.6) is 0 Å². The fourth-order valence-electron chi connectivity index (χ4n) is 4.85. The van der Waals surface area contributed by atoms with Crippen LogP contribution in [0.4, 0.5) is 0 Å². The molecule has 0 aromatic heterocycles. The summed E-state index contributed by atoms with van der Waals surface area (Å²) in [6.07, 6.45) is 15.7.